The first-order valence-electron chi connectivity index (χ1n) is 7.54. The highest BCUT2D eigenvalue weighted by Gasteiger charge is 2.30. The van der Waals surface area contributed by atoms with E-state index in [9.17, 15) is 4.39 Å². The van der Waals surface area contributed by atoms with Gasteiger partial charge in [-0.1, -0.05) is 19.9 Å². The third-order valence-corrected chi connectivity index (χ3v) is 4.82. The monoisotopic (exact) mass is 304 g/mol. The lowest BCUT2D eigenvalue weighted by Crippen LogP contribution is -2.21. The minimum atomic E-state index is -0.172. The van der Waals surface area contributed by atoms with Crippen LogP contribution in [0.3, 0.4) is 0 Å². The number of halogens is 1. The Labute approximate surface area is 129 Å². The van der Waals surface area contributed by atoms with E-state index in [-0.39, 0.29) is 5.82 Å². The largest absolute Gasteiger partial charge is 0.310 e. The van der Waals surface area contributed by atoms with Crippen molar-refractivity contribution in [2.24, 2.45) is 0 Å². The van der Waals surface area contributed by atoms with Crippen molar-refractivity contribution in [3.63, 3.8) is 0 Å². The predicted octanol–water partition coefficient (Wildman–Crippen LogP) is 4.63. The molecule has 0 saturated heterocycles. The third-order valence-electron chi connectivity index (χ3n) is 3.72. The Morgan fingerprint density at radius 2 is 2.14 bits per heavy atom. The Morgan fingerprint density at radius 1 is 1.38 bits per heavy atom. The molecular formula is C17H21FN2S. The highest BCUT2D eigenvalue weighted by Crippen LogP contribution is 2.44. The minimum Gasteiger partial charge on any atom is -0.310 e. The van der Waals surface area contributed by atoms with Crippen LogP contribution in [0.1, 0.15) is 48.7 Å². The summed E-state index contributed by atoms with van der Waals surface area (Å²) in [4.78, 5) is 6.01. The van der Waals surface area contributed by atoms with Crippen LogP contribution in [0.5, 0.6) is 0 Å². The van der Waals surface area contributed by atoms with Gasteiger partial charge in [-0.15, -0.1) is 11.3 Å². The summed E-state index contributed by atoms with van der Waals surface area (Å²) in [7, 11) is 0. The summed E-state index contributed by atoms with van der Waals surface area (Å²) in [5.41, 5.74) is 2.75. The van der Waals surface area contributed by atoms with Gasteiger partial charge in [-0.05, 0) is 37.5 Å². The van der Waals surface area contributed by atoms with Crippen molar-refractivity contribution in [1.82, 2.24) is 10.3 Å². The Bertz CT molecular complexity index is 644. The molecule has 1 heterocycles. The van der Waals surface area contributed by atoms with Crippen LogP contribution in [0.2, 0.25) is 0 Å². The second kappa shape index (κ2) is 5.85. The first-order chi connectivity index (χ1) is 10.0. The Balaban J connectivity index is 1.93. The maximum Gasteiger partial charge on any atom is 0.133 e. The van der Waals surface area contributed by atoms with Crippen LogP contribution in [0.25, 0.3) is 10.6 Å². The van der Waals surface area contributed by atoms with Gasteiger partial charge in [0.2, 0.25) is 0 Å². The standard InChI is InChI=1S/C17H21FN2S/c1-10(2)19-9-15-16(12-5-6-12)20-17(21-15)13-7-4-11(3)8-14(13)18/h4,7-8,10,12,19H,5-6,9H2,1-3H3. The Kier molecular flexibility index (Phi) is 4.09. The maximum absolute atomic E-state index is 14.2. The molecule has 4 heteroatoms. The second-order valence-corrected chi connectivity index (χ2v) is 7.20. The van der Waals surface area contributed by atoms with E-state index in [1.165, 1.54) is 23.4 Å². The topological polar surface area (TPSA) is 24.9 Å². The molecule has 0 amide bonds. The lowest BCUT2D eigenvalue weighted by Gasteiger charge is -2.07. The van der Waals surface area contributed by atoms with Crippen molar-refractivity contribution >= 4 is 11.3 Å². The SMILES string of the molecule is Cc1ccc(-c2nc(C3CC3)c(CNC(C)C)s2)c(F)c1. The van der Waals surface area contributed by atoms with Crippen LogP contribution in [-0.4, -0.2) is 11.0 Å². The van der Waals surface area contributed by atoms with E-state index in [2.05, 4.69) is 19.2 Å². The average molecular weight is 304 g/mol. The molecule has 0 spiro atoms. The van der Waals surface area contributed by atoms with E-state index in [4.69, 9.17) is 4.98 Å². The van der Waals surface area contributed by atoms with Crippen molar-refractivity contribution in [2.45, 2.75) is 52.1 Å². The van der Waals surface area contributed by atoms with Crippen molar-refractivity contribution in [2.75, 3.05) is 0 Å². The predicted molar refractivity (Wildman–Crippen MR) is 86.2 cm³/mol. The van der Waals surface area contributed by atoms with Crippen LogP contribution in [0.15, 0.2) is 18.2 Å². The molecule has 1 aromatic heterocycles. The molecule has 1 aliphatic rings. The fourth-order valence-electron chi connectivity index (χ4n) is 2.37. The van der Waals surface area contributed by atoms with Crippen LogP contribution >= 0.6 is 11.3 Å². The average Bonchev–Trinajstić information content (AvgIpc) is 3.17. The van der Waals surface area contributed by atoms with Gasteiger partial charge in [-0.25, -0.2) is 9.37 Å². The molecule has 1 aliphatic carbocycles. The quantitative estimate of drug-likeness (QED) is 0.871. The summed E-state index contributed by atoms with van der Waals surface area (Å²) in [6.07, 6.45) is 2.43. The van der Waals surface area contributed by atoms with Crippen molar-refractivity contribution in [3.8, 4) is 10.6 Å². The van der Waals surface area contributed by atoms with Crippen molar-refractivity contribution in [1.29, 1.82) is 0 Å². The minimum absolute atomic E-state index is 0.172. The van der Waals surface area contributed by atoms with E-state index in [0.29, 0.717) is 17.5 Å². The summed E-state index contributed by atoms with van der Waals surface area (Å²) < 4.78 is 14.2. The Hall–Kier alpha value is -1.26. The smallest absolute Gasteiger partial charge is 0.133 e. The zero-order chi connectivity index (χ0) is 15.0. The molecule has 0 radical (unpaired) electrons. The second-order valence-electron chi connectivity index (χ2n) is 6.12. The first-order valence-corrected chi connectivity index (χ1v) is 8.35. The first kappa shape index (κ1) is 14.7. The summed E-state index contributed by atoms with van der Waals surface area (Å²) in [5.74, 6) is 0.418. The molecule has 21 heavy (non-hydrogen) atoms. The van der Waals surface area contributed by atoms with Crippen molar-refractivity contribution < 1.29 is 4.39 Å². The molecule has 2 aromatic rings. The maximum atomic E-state index is 14.2. The molecule has 0 unspecified atom stereocenters. The number of hydrogen-bond donors (Lipinski definition) is 1. The number of nitrogens with zero attached hydrogens (tertiary/aromatic N) is 1. The van der Waals surface area contributed by atoms with Crippen LogP contribution in [0, 0.1) is 12.7 Å². The summed E-state index contributed by atoms with van der Waals surface area (Å²) in [5, 5.41) is 4.26. The van der Waals surface area contributed by atoms with Gasteiger partial charge in [0.25, 0.3) is 0 Å². The van der Waals surface area contributed by atoms with E-state index in [1.807, 2.05) is 19.1 Å². The number of aryl methyl sites for hydroxylation is 1. The number of thiazole rings is 1. The normalized spacial score (nSPS) is 14.9. The molecule has 0 bridgehead atoms. The van der Waals surface area contributed by atoms with E-state index >= 15 is 0 Å². The number of aromatic nitrogens is 1. The molecule has 2 nitrogen and oxygen atoms in total. The zero-order valence-electron chi connectivity index (χ0n) is 12.7. The summed E-state index contributed by atoms with van der Waals surface area (Å²) >= 11 is 1.63. The lowest BCUT2D eigenvalue weighted by atomic mass is 10.1. The molecule has 0 atom stereocenters. The van der Waals surface area contributed by atoms with Gasteiger partial charge < -0.3 is 5.32 Å². The van der Waals surface area contributed by atoms with Gasteiger partial charge in [-0.2, -0.15) is 0 Å². The number of nitrogens with one attached hydrogen (secondary N) is 1. The molecule has 1 saturated carbocycles. The molecule has 0 aliphatic heterocycles. The van der Waals surface area contributed by atoms with Gasteiger partial charge in [0.05, 0.1) is 5.69 Å². The lowest BCUT2D eigenvalue weighted by molar-refractivity contribution is 0.590. The molecular weight excluding hydrogens is 283 g/mol. The van der Waals surface area contributed by atoms with E-state index in [0.717, 1.165) is 17.1 Å². The van der Waals surface area contributed by atoms with Gasteiger partial charge in [-0.3, -0.25) is 0 Å². The highest BCUT2D eigenvalue weighted by atomic mass is 32.1. The number of hydrogen-bond acceptors (Lipinski definition) is 3. The summed E-state index contributed by atoms with van der Waals surface area (Å²) in [6, 6.07) is 5.82. The molecule has 3 rings (SSSR count). The third kappa shape index (κ3) is 3.33. The van der Waals surface area contributed by atoms with E-state index in [1.54, 1.807) is 17.4 Å². The fourth-order valence-corrected chi connectivity index (χ4v) is 3.50. The van der Waals surface area contributed by atoms with Gasteiger partial charge >= 0.3 is 0 Å². The van der Waals surface area contributed by atoms with Crippen LogP contribution in [-0.2, 0) is 6.54 Å². The molecule has 1 aromatic carbocycles. The number of rotatable bonds is 5. The molecule has 1 fully saturated rings. The fraction of sp³-hybridized carbons (Fsp3) is 0.471. The summed E-state index contributed by atoms with van der Waals surface area (Å²) in [6.45, 7) is 7.01. The molecule has 112 valence electrons. The van der Waals surface area contributed by atoms with Gasteiger partial charge in [0.15, 0.2) is 0 Å². The zero-order valence-corrected chi connectivity index (χ0v) is 13.6. The van der Waals surface area contributed by atoms with E-state index < -0.39 is 0 Å². The van der Waals surface area contributed by atoms with Gasteiger partial charge in [0.1, 0.15) is 10.8 Å². The van der Waals surface area contributed by atoms with Crippen LogP contribution in [0.4, 0.5) is 4.39 Å². The van der Waals surface area contributed by atoms with Crippen molar-refractivity contribution in [3.05, 3.63) is 40.2 Å². The molecule has 1 N–H and O–H groups in total. The van der Waals surface area contributed by atoms with Gasteiger partial charge in [0, 0.05) is 28.9 Å². The Morgan fingerprint density at radius 3 is 2.76 bits per heavy atom. The highest BCUT2D eigenvalue weighted by molar-refractivity contribution is 7.15. The van der Waals surface area contributed by atoms with Crippen LogP contribution < -0.4 is 5.32 Å². The number of benzene rings is 1.